The number of aromatic nitrogens is 2. The van der Waals surface area contributed by atoms with Crippen LogP contribution in [0.4, 0.5) is 13.2 Å². The zero-order valence-corrected chi connectivity index (χ0v) is 12.8. The number of nitrogens with zero attached hydrogens (tertiary/aromatic N) is 2. The first-order chi connectivity index (χ1) is 11.4. The van der Waals surface area contributed by atoms with Gasteiger partial charge < -0.3 is 19.3 Å². The lowest BCUT2D eigenvalue weighted by Crippen LogP contribution is -2.38. The number of hydrogen-bond donors (Lipinski definition) is 1. The van der Waals surface area contributed by atoms with Gasteiger partial charge in [0, 0.05) is 18.9 Å². The highest BCUT2D eigenvalue weighted by Gasteiger charge is 2.41. The number of alkyl halides is 3. The Morgan fingerprint density at radius 1 is 1.21 bits per heavy atom. The van der Waals surface area contributed by atoms with Crippen LogP contribution < -0.4 is 4.74 Å². The summed E-state index contributed by atoms with van der Waals surface area (Å²) in [7, 11) is 0. The van der Waals surface area contributed by atoms with Gasteiger partial charge >= 0.3 is 6.18 Å². The molecule has 9 heteroatoms. The van der Waals surface area contributed by atoms with Crippen LogP contribution in [-0.2, 0) is 15.7 Å². The van der Waals surface area contributed by atoms with Crippen molar-refractivity contribution in [3.63, 3.8) is 0 Å². The summed E-state index contributed by atoms with van der Waals surface area (Å²) < 4.78 is 55.4. The Bertz CT molecular complexity index is 605. The van der Waals surface area contributed by atoms with Gasteiger partial charge in [-0.2, -0.15) is 18.2 Å². The van der Waals surface area contributed by atoms with Crippen LogP contribution in [0.15, 0.2) is 12.3 Å². The predicted molar refractivity (Wildman–Crippen MR) is 76.2 cm³/mol. The maximum atomic E-state index is 12.9. The average Bonchev–Trinajstić information content (AvgIpc) is 2.98. The molecule has 1 aliphatic heterocycles. The second-order valence-electron chi connectivity index (χ2n) is 5.69. The Hall–Kier alpha value is -1.87. The van der Waals surface area contributed by atoms with Gasteiger partial charge in [-0.15, -0.1) is 0 Å². The monoisotopic (exact) mass is 346 g/mol. The molecule has 0 bridgehead atoms. The summed E-state index contributed by atoms with van der Waals surface area (Å²) in [4.78, 5) is 6.78. The standard InChI is InChI=1S/C15H17F3N2O4/c16-15(17,18)13-19-10(3-6-21)9-12(20-13)24-11-1-4-14(5-2-11)22-7-8-23-14/h3,6,9,11,21H,1-2,4-5,7-8H2/b6-3+. The van der Waals surface area contributed by atoms with E-state index in [9.17, 15) is 13.2 Å². The maximum Gasteiger partial charge on any atom is 0.451 e. The molecule has 2 heterocycles. The first kappa shape index (κ1) is 17.0. The largest absolute Gasteiger partial charge is 0.516 e. The molecule has 0 radical (unpaired) electrons. The van der Waals surface area contributed by atoms with Crippen molar-refractivity contribution in [1.82, 2.24) is 9.97 Å². The van der Waals surface area contributed by atoms with Crippen LogP contribution in [0.3, 0.4) is 0 Å². The van der Waals surface area contributed by atoms with E-state index in [1.165, 1.54) is 6.07 Å². The third kappa shape index (κ3) is 3.78. The number of ether oxygens (including phenoxy) is 3. The van der Waals surface area contributed by atoms with Crippen LogP contribution in [-0.4, -0.2) is 40.2 Å². The van der Waals surface area contributed by atoms with Gasteiger partial charge in [0.25, 0.3) is 0 Å². The van der Waals surface area contributed by atoms with E-state index in [-0.39, 0.29) is 17.7 Å². The van der Waals surface area contributed by atoms with E-state index in [0.29, 0.717) is 45.2 Å². The fraction of sp³-hybridized carbons (Fsp3) is 0.600. The van der Waals surface area contributed by atoms with Gasteiger partial charge in [0.1, 0.15) is 6.10 Å². The minimum atomic E-state index is -4.69. The smallest absolute Gasteiger partial charge is 0.451 e. The fourth-order valence-electron chi connectivity index (χ4n) is 2.90. The Kier molecular flexibility index (Phi) is 4.64. The molecule has 1 saturated heterocycles. The average molecular weight is 346 g/mol. The molecule has 1 aliphatic carbocycles. The molecule has 1 aromatic rings. The van der Waals surface area contributed by atoms with Crippen molar-refractivity contribution in [2.45, 2.75) is 43.8 Å². The Labute approximate surface area is 136 Å². The highest BCUT2D eigenvalue weighted by Crippen LogP contribution is 2.37. The minimum Gasteiger partial charge on any atom is -0.516 e. The summed E-state index contributed by atoms with van der Waals surface area (Å²) in [6, 6.07) is 1.26. The molecule has 0 atom stereocenters. The molecule has 3 rings (SSSR count). The SMILES string of the molecule is O/C=C/c1cc(OC2CCC3(CC2)OCCO3)nc(C(F)(F)F)n1. The third-order valence-corrected chi connectivity index (χ3v) is 4.02. The quantitative estimate of drug-likeness (QED) is 0.848. The molecule has 0 amide bonds. The summed E-state index contributed by atoms with van der Waals surface area (Å²) in [5, 5.41) is 8.75. The van der Waals surface area contributed by atoms with Gasteiger partial charge in [-0.25, -0.2) is 4.98 Å². The van der Waals surface area contributed by atoms with E-state index in [2.05, 4.69) is 9.97 Å². The second kappa shape index (κ2) is 6.56. The van der Waals surface area contributed by atoms with Gasteiger partial charge in [0.15, 0.2) is 5.79 Å². The van der Waals surface area contributed by atoms with Crippen LogP contribution >= 0.6 is 0 Å². The molecular formula is C15H17F3N2O4. The second-order valence-corrected chi connectivity index (χ2v) is 5.69. The van der Waals surface area contributed by atoms with E-state index >= 15 is 0 Å². The fourth-order valence-corrected chi connectivity index (χ4v) is 2.90. The lowest BCUT2D eigenvalue weighted by Gasteiger charge is -2.35. The van der Waals surface area contributed by atoms with E-state index < -0.39 is 17.8 Å². The van der Waals surface area contributed by atoms with Gasteiger partial charge in [-0.1, -0.05) is 0 Å². The van der Waals surface area contributed by atoms with E-state index in [0.717, 1.165) is 6.08 Å². The summed E-state index contributed by atoms with van der Waals surface area (Å²) in [6.07, 6.45) is -0.876. The van der Waals surface area contributed by atoms with Crippen molar-refractivity contribution in [3.05, 3.63) is 23.8 Å². The van der Waals surface area contributed by atoms with E-state index in [4.69, 9.17) is 19.3 Å². The highest BCUT2D eigenvalue weighted by atomic mass is 19.4. The zero-order chi connectivity index (χ0) is 17.2. The van der Waals surface area contributed by atoms with Crippen LogP contribution in [0.2, 0.25) is 0 Å². The molecule has 1 spiro atoms. The first-order valence-corrected chi connectivity index (χ1v) is 7.62. The van der Waals surface area contributed by atoms with Crippen molar-refractivity contribution in [3.8, 4) is 5.88 Å². The zero-order valence-electron chi connectivity index (χ0n) is 12.8. The highest BCUT2D eigenvalue weighted by molar-refractivity contribution is 5.44. The van der Waals surface area contributed by atoms with Crippen LogP contribution in [0, 0.1) is 0 Å². The number of aliphatic hydroxyl groups is 1. The van der Waals surface area contributed by atoms with Gasteiger partial charge in [-0.3, -0.25) is 0 Å². The normalized spacial score (nSPS) is 21.6. The molecule has 6 nitrogen and oxygen atoms in total. The van der Waals surface area contributed by atoms with Crippen molar-refractivity contribution in [2.24, 2.45) is 0 Å². The van der Waals surface area contributed by atoms with Crippen molar-refractivity contribution >= 4 is 6.08 Å². The predicted octanol–water partition coefficient (Wildman–Crippen LogP) is 3.09. The van der Waals surface area contributed by atoms with E-state index in [1.807, 2.05) is 0 Å². The molecule has 24 heavy (non-hydrogen) atoms. The summed E-state index contributed by atoms with van der Waals surface area (Å²) >= 11 is 0. The molecule has 0 aromatic carbocycles. The van der Waals surface area contributed by atoms with Crippen LogP contribution in [0.1, 0.15) is 37.2 Å². The number of hydrogen-bond acceptors (Lipinski definition) is 6. The molecule has 2 fully saturated rings. The molecule has 132 valence electrons. The summed E-state index contributed by atoms with van der Waals surface area (Å²) in [5.41, 5.74) is -0.0791. The van der Waals surface area contributed by atoms with Crippen LogP contribution in [0.5, 0.6) is 5.88 Å². The molecular weight excluding hydrogens is 329 g/mol. The lowest BCUT2D eigenvalue weighted by molar-refractivity contribution is -0.186. The summed E-state index contributed by atoms with van der Waals surface area (Å²) in [6.45, 7) is 1.12. The third-order valence-electron chi connectivity index (χ3n) is 4.02. The molecule has 1 aromatic heterocycles. The van der Waals surface area contributed by atoms with Gasteiger partial charge in [-0.05, 0) is 18.9 Å². The Morgan fingerprint density at radius 2 is 1.88 bits per heavy atom. The lowest BCUT2D eigenvalue weighted by atomic mass is 9.92. The van der Waals surface area contributed by atoms with Crippen molar-refractivity contribution in [2.75, 3.05) is 13.2 Å². The van der Waals surface area contributed by atoms with Crippen LogP contribution in [0.25, 0.3) is 6.08 Å². The first-order valence-electron chi connectivity index (χ1n) is 7.62. The number of aliphatic hydroxyl groups excluding tert-OH is 1. The van der Waals surface area contributed by atoms with E-state index in [1.54, 1.807) is 0 Å². The van der Waals surface area contributed by atoms with Crippen molar-refractivity contribution in [1.29, 1.82) is 0 Å². The van der Waals surface area contributed by atoms with Gasteiger partial charge in [0.05, 0.1) is 25.2 Å². The summed E-state index contributed by atoms with van der Waals surface area (Å²) in [5.74, 6) is -2.03. The molecule has 1 N–H and O–H groups in total. The Balaban J connectivity index is 1.71. The molecule has 2 aliphatic rings. The molecule has 1 saturated carbocycles. The Morgan fingerprint density at radius 3 is 2.46 bits per heavy atom. The number of halogens is 3. The number of rotatable bonds is 3. The van der Waals surface area contributed by atoms with Crippen molar-refractivity contribution < 1.29 is 32.5 Å². The minimum absolute atomic E-state index is 0.0791. The maximum absolute atomic E-state index is 12.9. The molecule has 0 unspecified atom stereocenters. The van der Waals surface area contributed by atoms with Gasteiger partial charge in [0.2, 0.25) is 11.7 Å². The topological polar surface area (TPSA) is 73.7 Å².